The van der Waals surface area contributed by atoms with Gasteiger partial charge in [0, 0.05) is 17.3 Å². The number of methoxy groups -OCH3 is 3. The van der Waals surface area contributed by atoms with Gasteiger partial charge < -0.3 is 19.5 Å². The van der Waals surface area contributed by atoms with Gasteiger partial charge in [0.25, 0.3) is 5.91 Å². The first-order valence-electron chi connectivity index (χ1n) is 12.2. The van der Waals surface area contributed by atoms with E-state index in [2.05, 4.69) is 20.7 Å². The van der Waals surface area contributed by atoms with Crippen LogP contribution < -0.4 is 24.4 Å². The van der Waals surface area contributed by atoms with Crippen LogP contribution in [0.25, 0.3) is 11.4 Å². The molecule has 1 saturated carbocycles. The fourth-order valence-electron chi connectivity index (χ4n) is 4.43. The SMILES string of the molecule is COc1ccc(N(C(=O)Cn2nnc(-c3ccc(OC)c(OC)c3)n2)[C@H](C)C(=O)NC2CCCC2)cc1. The van der Waals surface area contributed by atoms with E-state index in [0.29, 0.717) is 34.3 Å². The Bertz CT molecular complexity index is 1220. The number of nitrogens with zero attached hydrogens (tertiary/aromatic N) is 5. The van der Waals surface area contributed by atoms with Gasteiger partial charge in [0.15, 0.2) is 11.5 Å². The molecule has 0 aliphatic heterocycles. The number of hydrogen-bond donors (Lipinski definition) is 1. The van der Waals surface area contributed by atoms with Crippen molar-refractivity contribution in [2.24, 2.45) is 0 Å². The average Bonchev–Trinajstić information content (AvgIpc) is 3.61. The van der Waals surface area contributed by atoms with E-state index in [9.17, 15) is 9.59 Å². The lowest BCUT2D eigenvalue weighted by molar-refractivity contribution is -0.127. The molecule has 11 heteroatoms. The van der Waals surface area contributed by atoms with Gasteiger partial charge >= 0.3 is 0 Å². The molecule has 2 amide bonds. The molecule has 0 unspecified atom stereocenters. The van der Waals surface area contributed by atoms with Gasteiger partial charge in [-0.2, -0.15) is 4.80 Å². The van der Waals surface area contributed by atoms with Crippen LogP contribution in [0.15, 0.2) is 42.5 Å². The smallest absolute Gasteiger partial charge is 0.251 e. The molecule has 0 spiro atoms. The molecule has 37 heavy (non-hydrogen) atoms. The van der Waals surface area contributed by atoms with E-state index in [1.165, 1.54) is 9.70 Å². The summed E-state index contributed by atoms with van der Waals surface area (Å²) >= 11 is 0. The molecule has 1 aliphatic rings. The predicted octanol–water partition coefficient (Wildman–Crippen LogP) is 2.85. The number of nitrogens with one attached hydrogen (secondary N) is 1. The molecule has 1 fully saturated rings. The Morgan fingerprint density at radius 3 is 2.38 bits per heavy atom. The number of carbonyl (C=O) groups is 2. The molecule has 4 rings (SSSR count). The van der Waals surface area contributed by atoms with Crippen LogP contribution in [0.3, 0.4) is 0 Å². The highest BCUT2D eigenvalue weighted by Crippen LogP contribution is 2.31. The first-order valence-corrected chi connectivity index (χ1v) is 12.2. The molecule has 1 N–H and O–H groups in total. The van der Waals surface area contributed by atoms with Crippen LogP contribution in [0.4, 0.5) is 5.69 Å². The summed E-state index contributed by atoms with van der Waals surface area (Å²) in [7, 11) is 4.67. The van der Waals surface area contributed by atoms with E-state index >= 15 is 0 Å². The lowest BCUT2D eigenvalue weighted by atomic mass is 10.1. The first kappa shape index (κ1) is 25.9. The minimum absolute atomic E-state index is 0.142. The molecule has 1 aliphatic carbocycles. The second-order valence-corrected chi connectivity index (χ2v) is 8.84. The molecule has 3 aromatic rings. The Kier molecular flexibility index (Phi) is 8.22. The summed E-state index contributed by atoms with van der Waals surface area (Å²) in [6, 6.07) is 11.7. The summed E-state index contributed by atoms with van der Waals surface area (Å²) in [6.07, 6.45) is 4.11. The molecule has 1 atom stereocenters. The Labute approximate surface area is 215 Å². The zero-order chi connectivity index (χ0) is 26.4. The van der Waals surface area contributed by atoms with Crippen molar-refractivity contribution in [3.8, 4) is 28.6 Å². The first-order chi connectivity index (χ1) is 17.9. The molecular formula is C26H32N6O5. The highest BCUT2D eigenvalue weighted by Gasteiger charge is 2.30. The van der Waals surface area contributed by atoms with Crippen LogP contribution >= 0.6 is 0 Å². The molecule has 0 saturated heterocycles. The number of carbonyl (C=O) groups excluding carboxylic acids is 2. The number of rotatable bonds is 10. The van der Waals surface area contributed by atoms with Gasteiger partial charge in [-0.05, 0) is 67.4 Å². The Morgan fingerprint density at radius 1 is 1.03 bits per heavy atom. The van der Waals surface area contributed by atoms with Crippen molar-refractivity contribution in [2.75, 3.05) is 26.2 Å². The van der Waals surface area contributed by atoms with Gasteiger partial charge in [-0.25, -0.2) is 0 Å². The van der Waals surface area contributed by atoms with Crippen molar-refractivity contribution >= 4 is 17.5 Å². The molecule has 0 radical (unpaired) electrons. The average molecular weight is 509 g/mol. The van der Waals surface area contributed by atoms with Crippen molar-refractivity contribution in [3.05, 3.63) is 42.5 Å². The van der Waals surface area contributed by atoms with E-state index < -0.39 is 6.04 Å². The maximum absolute atomic E-state index is 13.5. The van der Waals surface area contributed by atoms with Gasteiger partial charge in [0.05, 0.1) is 21.3 Å². The molecule has 196 valence electrons. The largest absolute Gasteiger partial charge is 0.497 e. The van der Waals surface area contributed by atoms with Crippen LogP contribution in [0.2, 0.25) is 0 Å². The second-order valence-electron chi connectivity index (χ2n) is 8.84. The minimum Gasteiger partial charge on any atom is -0.497 e. The lowest BCUT2D eigenvalue weighted by Gasteiger charge is -2.29. The van der Waals surface area contributed by atoms with Crippen molar-refractivity contribution in [1.29, 1.82) is 0 Å². The Morgan fingerprint density at radius 2 is 1.73 bits per heavy atom. The van der Waals surface area contributed by atoms with Crippen LogP contribution in [0.1, 0.15) is 32.6 Å². The van der Waals surface area contributed by atoms with E-state index in [-0.39, 0.29) is 24.4 Å². The Hall–Kier alpha value is -4.15. The van der Waals surface area contributed by atoms with Gasteiger partial charge in [-0.1, -0.05) is 12.8 Å². The highest BCUT2D eigenvalue weighted by atomic mass is 16.5. The van der Waals surface area contributed by atoms with Crippen LogP contribution in [0.5, 0.6) is 17.2 Å². The summed E-state index contributed by atoms with van der Waals surface area (Å²) in [6.45, 7) is 1.52. The number of tetrazole rings is 1. The number of amides is 2. The molecule has 1 heterocycles. The van der Waals surface area contributed by atoms with Crippen LogP contribution in [-0.2, 0) is 16.1 Å². The number of aromatic nitrogens is 4. The zero-order valence-corrected chi connectivity index (χ0v) is 21.5. The minimum atomic E-state index is -0.740. The van der Waals surface area contributed by atoms with E-state index in [1.54, 1.807) is 70.7 Å². The van der Waals surface area contributed by atoms with Crippen molar-refractivity contribution in [1.82, 2.24) is 25.5 Å². The Balaban J connectivity index is 1.55. The molecule has 11 nitrogen and oxygen atoms in total. The summed E-state index contributed by atoms with van der Waals surface area (Å²) < 4.78 is 15.9. The topological polar surface area (TPSA) is 121 Å². The predicted molar refractivity (Wildman–Crippen MR) is 137 cm³/mol. The fourth-order valence-corrected chi connectivity index (χ4v) is 4.43. The number of ether oxygens (including phenoxy) is 3. The molecular weight excluding hydrogens is 476 g/mol. The normalized spacial score (nSPS) is 14.2. The fraction of sp³-hybridized carbons (Fsp3) is 0.423. The quantitative estimate of drug-likeness (QED) is 0.444. The second kappa shape index (κ2) is 11.7. The summed E-state index contributed by atoms with van der Waals surface area (Å²) in [5.41, 5.74) is 1.23. The van der Waals surface area contributed by atoms with Gasteiger partial charge in [0.2, 0.25) is 11.7 Å². The maximum Gasteiger partial charge on any atom is 0.251 e. The van der Waals surface area contributed by atoms with E-state index in [1.807, 2.05) is 0 Å². The monoisotopic (exact) mass is 508 g/mol. The lowest BCUT2D eigenvalue weighted by Crippen LogP contribution is -2.51. The molecule has 1 aromatic heterocycles. The van der Waals surface area contributed by atoms with E-state index in [0.717, 1.165) is 25.7 Å². The summed E-state index contributed by atoms with van der Waals surface area (Å²) in [4.78, 5) is 29.3. The summed E-state index contributed by atoms with van der Waals surface area (Å²) in [5, 5.41) is 15.6. The maximum atomic E-state index is 13.5. The van der Waals surface area contributed by atoms with Crippen molar-refractivity contribution in [3.63, 3.8) is 0 Å². The molecule has 0 bridgehead atoms. The van der Waals surface area contributed by atoms with Gasteiger partial charge in [-0.15, -0.1) is 10.2 Å². The summed E-state index contributed by atoms with van der Waals surface area (Å²) in [5.74, 6) is 1.53. The number of benzene rings is 2. The van der Waals surface area contributed by atoms with Crippen molar-refractivity contribution in [2.45, 2.75) is 51.2 Å². The third-order valence-corrected chi connectivity index (χ3v) is 6.46. The van der Waals surface area contributed by atoms with Crippen LogP contribution in [0, 0.1) is 0 Å². The third kappa shape index (κ3) is 5.99. The zero-order valence-electron chi connectivity index (χ0n) is 21.5. The third-order valence-electron chi connectivity index (χ3n) is 6.46. The molecule has 2 aromatic carbocycles. The number of anilines is 1. The van der Waals surface area contributed by atoms with Gasteiger partial charge in [-0.3, -0.25) is 14.5 Å². The van der Waals surface area contributed by atoms with Gasteiger partial charge in [0.1, 0.15) is 18.3 Å². The van der Waals surface area contributed by atoms with Crippen LogP contribution in [-0.4, -0.2) is 65.4 Å². The number of hydrogen-bond acceptors (Lipinski definition) is 8. The highest BCUT2D eigenvalue weighted by molar-refractivity contribution is 6.00. The van der Waals surface area contributed by atoms with Crippen molar-refractivity contribution < 1.29 is 23.8 Å². The van der Waals surface area contributed by atoms with E-state index in [4.69, 9.17) is 14.2 Å². The standard InChI is InChI=1S/C26H32N6O5/c1-17(26(34)27-19-7-5-6-8-19)32(20-10-12-21(35-2)13-11-20)24(33)16-31-29-25(28-30-31)18-9-14-22(36-3)23(15-18)37-4/h9-15,17,19H,5-8,16H2,1-4H3,(H,27,34)/t17-/m1/s1.